The molecule has 4 rings (SSSR count). The molecule has 4 aromatic rings. The zero-order valence-corrected chi connectivity index (χ0v) is 18.6. The van der Waals surface area contributed by atoms with Crippen molar-refractivity contribution in [2.24, 2.45) is 0 Å². The normalized spacial score (nSPS) is 11.5. The number of hydrogen-bond donors (Lipinski definition) is 1. The molecule has 0 aliphatic rings. The maximum absolute atomic E-state index is 12.8. The third-order valence-electron chi connectivity index (χ3n) is 4.48. The van der Waals surface area contributed by atoms with Gasteiger partial charge in [-0.2, -0.15) is 0 Å². The van der Waals surface area contributed by atoms with Crippen molar-refractivity contribution in [1.29, 1.82) is 0 Å². The molecule has 0 spiro atoms. The van der Waals surface area contributed by atoms with Crippen molar-refractivity contribution in [3.63, 3.8) is 0 Å². The predicted octanol–water partition coefficient (Wildman–Crippen LogP) is 6.71. The van der Waals surface area contributed by atoms with Crippen LogP contribution in [0, 0.1) is 0 Å². The minimum absolute atomic E-state index is 0.278. The van der Waals surface area contributed by atoms with Crippen molar-refractivity contribution >= 4 is 50.2 Å². The molecule has 0 unspecified atom stereocenters. The number of hydrogen-bond acceptors (Lipinski definition) is 4. The van der Waals surface area contributed by atoms with E-state index in [1.54, 1.807) is 50.2 Å². The molecule has 0 fully saturated rings. The second-order valence-corrected chi connectivity index (χ2v) is 8.52. The molecule has 1 heterocycles. The highest BCUT2D eigenvalue weighted by Gasteiger charge is 2.30. The number of carbonyl (C=O) groups excluding carboxylic acids is 1. The SMILES string of the molecule is CC(C)(Oc1ccc(Br)cc1)C(=O)Nc1ccc2oc(-c3ccccc3Cl)nc2c1. The smallest absolute Gasteiger partial charge is 0.267 e. The Morgan fingerprint density at radius 1 is 1.10 bits per heavy atom. The lowest BCUT2D eigenvalue weighted by atomic mass is 10.1. The van der Waals surface area contributed by atoms with Crippen molar-refractivity contribution < 1.29 is 13.9 Å². The number of nitrogens with zero attached hydrogens (tertiary/aromatic N) is 1. The van der Waals surface area contributed by atoms with E-state index in [9.17, 15) is 4.79 Å². The standard InChI is InChI=1S/C23H18BrClN2O3/c1-23(2,30-16-10-7-14(24)8-11-16)22(28)26-15-9-12-20-19(13-15)27-21(29-20)17-5-3-4-6-18(17)25/h3-13H,1-2H3,(H,26,28). The molecule has 3 aromatic carbocycles. The molecule has 152 valence electrons. The van der Waals surface area contributed by atoms with Gasteiger partial charge in [0.15, 0.2) is 11.2 Å². The number of anilines is 1. The second-order valence-electron chi connectivity index (χ2n) is 7.20. The van der Waals surface area contributed by atoms with Crippen molar-refractivity contribution in [1.82, 2.24) is 4.98 Å². The van der Waals surface area contributed by atoms with Gasteiger partial charge < -0.3 is 14.5 Å². The van der Waals surface area contributed by atoms with Gasteiger partial charge in [-0.1, -0.05) is 39.7 Å². The van der Waals surface area contributed by atoms with Gasteiger partial charge >= 0.3 is 0 Å². The molecule has 1 amide bonds. The third-order valence-corrected chi connectivity index (χ3v) is 5.34. The summed E-state index contributed by atoms with van der Waals surface area (Å²) >= 11 is 9.62. The molecule has 30 heavy (non-hydrogen) atoms. The molecule has 5 nitrogen and oxygen atoms in total. The first-order valence-corrected chi connectivity index (χ1v) is 10.4. The highest BCUT2D eigenvalue weighted by atomic mass is 79.9. The fourth-order valence-electron chi connectivity index (χ4n) is 2.88. The quantitative estimate of drug-likeness (QED) is 0.341. The van der Waals surface area contributed by atoms with Crippen molar-refractivity contribution in [3.05, 3.63) is 76.2 Å². The second kappa shape index (κ2) is 8.13. The summed E-state index contributed by atoms with van der Waals surface area (Å²) in [5.74, 6) is 0.757. The number of rotatable bonds is 5. The zero-order chi connectivity index (χ0) is 21.3. The number of aromatic nitrogens is 1. The van der Waals surface area contributed by atoms with Gasteiger partial charge in [-0.15, -0.1) is 0 Å². The molecule has 7 heteroatoms. The number of ether oxygens (including phenoxy) is 1. The lowest BCUT2D eigenvalue weighted by molar-refractivity contribution is -0.128. The van der Waals surface area contributed by atoms with Gasteiger partial charge in [0.25, 0.3) is 5.91 Å². The molecule has 0 saturated carbocycles. The lowest BCUT2D eigenvalue weighted by Gasteiger charge is -2.25. The summed E-state index contributed by atoms with van der Waals surface area (Å²) in [5, 5.41) is 3.45. The summed E-state index contributed by atoms with van der Waals surface area (Å²) in [6, 6.07) is 20.0. The number of carbonyl (C=O) groups is 1. The Morgan fingerprint density at radius 2 is 1.83 bits per heavy atom. The predicted molar refractivity (Wildman–Crippen MR) is 122 cm³/mol. The van der Waals surface area contributed by atoms with Crippen molar-refractivity contribution in [2.45, 2.75) is 19.4 Å². The number of fused-ring (bicyclic) bond motifs is 1. The minimum Gasteiger partial charge on any atom is -0.478 e. The van der Waals surface area contributed by atoms with E-state index in [4.69, 9.17) is 20.8 Å². The van der Waals surface area contributed by atoms with E-state index in [0.29, 0.717) is 39.0 Å². The molecule has 1 aromatic heterocycles. The molecular formula is C23H18BrClN2O3. The first kappa shape index (κ1) is 20.4. The average molecular weight is 486 g/mol. The number of benzene rings is 3. The molecule has 0 atom stereocenters. The van der Waals surface area contributed by atoms with E-state index in [1.807, 2.05) is 30.3 Å². The summed E-state index contributed by atoms with van der Waals surface area (Å²) < 4.78 is 12.6. The summed E-state index contributed by atoms with van der Waals surface area (Å²) in [6.07, 6.45) is 0. The summed E-state index contributed by atoms with van der Waals surface area (Å²) in [6.45, 7) is 3.43. The van der Waals surface area contributed by atoms with E-state index in [2.05, 4.69) is 26.2 Å². The van der Waals surface area contributed by atoms with Crippen LogP contribution in [0.1, 0.15) is 13.8 Å². The van der Waals surface area contributed by atoms with Crippen LogP contribution in [0.25, 0.3) is 22.6 Å². The summed E-state index contributed by atoms with van der Waals surface area (Å²) in [7, 11) is 0. The van der Waals surface area contributed by atoms with Crippen LogP contribution in [0.15, 0.2) is 75.6 Å². The number of nitrogens with one attached hydrogen (secondary N) is 1. The number of halogens is 2. The number of amides is 1. The maximum Gasteiger partial charge on any atom is 0.267 e. The fourth-order valence-corrected chi connectivity index (χ4v) is 3.36. The minimum atomic E-state index is -1.07. The van der Waals surface area contributed by atoms with Gasteiger partial charge in [0.2, 0.25) is 5.89 Å². The van der Waals surface area contributed by atoms with Gasteiger partial charge in [0.05, 0.1) is 10.6 Å². The molecule has 0 radical (unpaired) electrons. The van der Waals surface area contributed by atoms with Gasteiger partial charge in [-0.3, -0.25) is 4.79 Å². The van der Waals surface area contributed by atoms with Gasteiger partial charge in [0, 0.05) is 10.2 Å². The van der Waals surface area contributed by atoms with Gasteiger partial charge in [-0.05, 0) is 68.4 Å². The van der Waals surface area contributed by atoms with E-state index in [-0.39, 0.29) is 5.91 Å². The van der Waals surface area contributed by atoms with E-state index >= 15 is 0 Å². The molecule has 0 aliphatic carbocycles. The Balaban J connectivity index is 1.53. The van der Waals surface area contributed by atoms with Crippen molar-refractivity contribution in [3.8, 4) is 17.2 Å². The van der Waals surface area contributed by atoms with Crippen LogP contribution in [0.3, 0.4) is 0 Å². The largest absolute Gasteiger partial charge is 0.478 e. The Bertz CT molecular complexity index is 1220. The Labute approximate surface area is 187 Å². The summed E-state index contributed by atoms with van der Waals surface area (Å²) in [4.78, 5) is 17.3. The van der Waals surface area contributed by atoms with Crippen LogP contribution in [0.5, 0.6) is 5.75 Å². The van der Waals surface area contributed by atoms with E-state index in [0.717, 1.165) is 4.47 Å². The highest BCUT2D eigenvalue weighted by Crippen LogP contribution is 2.31. The monoisotopic (exact) mass is 484 g/mol. The van der Waals surface area contributed by atoms with E-state index in [1.165, 1.54) is 0 Å². The van der Waals surface area contributed by atoms with Crippen LogP contribution in [0.2, 0.25) is 5.02 Å². The van der Waals surface area contributed by atoms with Crippen LogP contribution in [-0.2, 0) is 4.79 Å². The van der Waals surface area contributed by atoms with Gasteiger partial charge in [0.1, 0.15) is 11.3 Å². The maximum atomic E-state index is 12.8. The van der Waals surface area contributed by atoms with Crippen LogP contribution >= 0.6 is 27.5 Å². The van der Waals surface area contributed by atoms with Crippen molar-refractivity contribution in [2.75, 3.05) is 5.32 Å². The Hall–Kier alpha value is -2.83. The highest BCUT2D eigenvalue weighted by molar-refractivity contribution is 9.10. The Kier molecular flexibility index (Phi) is 5.54. The molecule has 0 bridgehead atoms. The topological polar surface area (TPSA) is 64.4 Å². The van der Waals surface area contributed by atoms with Crippen LogP contribution in [0.4, 0.5) is 5.69 Å². The fraction of sp³-hybridized carbons (Fsp3) is 0.130. The number of oxazole rings is 1. The zero-order valence-electron chi connectivity index (χ0n) is 16.3. The van der Waals surface area contributed by atoms with E-state index < -0.39 is 5.60 Å². The third kappa shape index (κ3) is 4.35. The summed E-state index contributed by atoms with van der Waals surface area (Å²) in [5.41, 5.74) is 1.46. The molecular weight excluding hydrogens is 468 g/mol. The van der Waals surface area contributed by atoms with Crippen LogP contribution < -0.4 is 10.1 Å². The average Bonchev–Trinajstić information content (AvgIpc) is 3.13. The Morgan fingerprint density at radius 3 is 2.57 bits per heavy atom. The molecule has 0 saturated heterocycles. The lowest BCUT2D eigenvalue weighted by Crippen LogP contribution is -2.42. The van der Waals surface area contributed by atoms with Gasteiger partial charge in [-0.25, -0.2) is 4.98 Å². The van der Waals surface area contributed by atoms with Crippen LogP contribution in [-0.4, -0.2) is 16.5 Å². The molecule has 0 aliphatic heterocycles. The molecule has 1 N–H and O–H groups in total. The first-order chi connectivity index (χ1) is 14.3. The first-order valence-electron chi connectivity index (χ1n) is 9.23.